The predicted octanol–water partition coefficient (Wildman–Crippen LogP) is 5.89. The van der Waals surface area contributed by atoms with E-state index in [1.54, 1.807) is 39.0 Å². The summed E-state index contributed by atoms with van der Waals surface area (Å²) < 4.78 is 17.1. The second kappa shape index (κ2) is 14.7. The molecule has 4 aromatic carbocycles. The van der Waals surface area contributed by atoms with Crippen LogP contribution < -0.4 is 15.5 Å². The summed E-state index contributed by atoms with van der Waals surface area (Å²) in [4.78, 5) is 36.1. The van der Waals surface area contributed by atoms with E-state index in [-0.39, 0.29) is 25.5 Å². The highest BCUT2D eigenvalue weighted by Crippen LogP contribution is 2.27. The Morgan fingerprint density at radius 1 is 0.909 bits per heavy atom. The second-order valence-electron chi connectivity index (χ2n) is 10.8. The number of ether oxygens (including phenoxy) is 3. The fraction of sp³-hybridized carbons (Fsp3) is 0.242. The number of rotatable bonds is 12. The number of fused-ring (bicyclic) bond motifs is 1. The number of nitro benzene ring substituents is 1. The molecule has 44 heavy (non-hydrogen) atoms. The Morgan fingerprint density at radius 3 is 2.30 bits per heavy atom. The van der Waals surface area contributed by atoms with Crippen molar-refractivity contribution in [2.24, 2.45) is 5.10 Å². The zero-order valence-corrected chi connectivity index (χ0v) is 24.7. The summed E-state index contributed by atoms with van der Waals surface area (Å²) in [5, 5.41) is 19.5. The first kappa shape index (κ1) is 31.6. The Labute approximate surface area is 255 Å². The average Bonchev–Trinajstić information content (AvgIpc) is 2.99. The molecule has 228 valence electrons. The molecule has 4 aromatic rings. The highest BCUT2D eigenvalue weighted by atomic mass is 16.6. The highest BCUT2D eigenvalue weighted by molar-refractivity contribution is 6.02. The predicted molar refractivity (Wildman–Crippen MR) is 166 cm³/mol. The van der Waals surface area contributed by atoms with Crippen molar-refractivity contribution < 1.29 is 28.7 Å². The van der Waals surface area contributed by atoms with Gasteiger partial charge < -0.3 is 19.5 Å². The summed E-state index contributed by atoms with van der Waals surface area (Å²) in [6, 6.07) is 25.8. The smallest absolute Gasteiger partial charge is 0.408 e. The van der Waals surface area contributed by atoms with Gasteiger partial charge >= 0.3 is 6.09 Å². The maximum absolute atomic E-state index is 13.2. The lowest BCUT2D eigenvalue weighted by atomic mass is 10.0. The molecule has 11 heteroatoms. The molecule has 0 fully saturated rings. The quantitative estimate of drug-likeness (QED) is 0.118. The van der Waals surface area contributed by atoms with E-state index in [2.05, 4.69) is 15.8 Å². The number of hydrazone groups is 1. The van der Waals surface area contributed by atoms with Crippen LogP contribution in [0, 0.1) is 10.1 Å². The molecule has 2 N–H and O–H groups in total. The van der Waals surface area contributed by atoms with Gasteiger partial charge in [0.25, 0.3) is 11.6 Å². The molecule has 0 radical (unpaired) electrons. The van der Waals surface area contributed by atoms with Crippen molar-refractivity contribution in [3.05, 3.63) is 118 Å². The molecular weight excluding hydrogens is 564 g/mol. The molecule has 0 heterocycles. The maximum Gasteiger partial charge on any atom is 0.408 e. The number of carbonyl (C=O) groups excluding carboxylic acids is 2. The maximum atomic E-state index is 13.2. The first-order valence-electron chi connectivity index (χ1n) is 13.9. The van der Waals surface area contributed by atoms with Gasteiger partial charge in [-0.15, -0.1) is 0 Å². The number of nitrogens with zero attached hydrogens (tertiary/aromatic N) is 2. The Balaban J connectivity index is 1.49. The number of hydrogen-bond donors (Lipinski definition) is 2. The number of benzene rings is 4. The number of carbonyl (C=O) groups is 2. The van der Waals surface area contributed by atoms with Crippen molar-refractivity contribution in [2.45, 2.75) is 45.6 Å². The van der Waals surface area contributed by atoms with E-state index in [1.807, 2.05) is 60.7 Å². The first-order valence-corrected chi connectivity index (χ1v) is 13.9. The van der Waals surface area contributed by atoms with Crippen LogP contribution in [0.15, 0.2) is 96.1 Å². The molecule has 0 aliphatic heterocycles. The number of nitrogens with one attached hydrogen (secondary N) is 2. The molecule has 0 aliphatic carbocycles. The zero-order chi connectivity index (χ0) is 31.5. The highest BCUT2D eigenvalue weighted by Gasteiger charge is 2.25. The molecule has 0 saturated carbocycles. The number of nitro groups is 1. The molecule has 0 aliphatic rings. The largest absolute Gasteiger partial charge is 0.488 e. The minimum Gasteiger partial charge on any atom is -0.488 e. The molecule has 0 spiro atoms. The van der Waals surface area contributed by atoms with Gasteiger partial charge in [0, 0.05) is 17.7 Å². The summed E-state index contributed by atoms with van der Waals surface area (Å²) >= 11 is 0. The summed E-state index contributed by atoms with van der Waals surface area (Å²) in [5.41, 5.74) is 4.00. The summed E-state index contributed by atoms with van der Waals surface area (Å²) in [5.74, 6) is -0.108. The molecule has 2 amide bonds. The van der Waals surface area contributed by atoms with Crippen LogP contribution in [0.25, 0.3) is 10.8 Å². The Kier molecular flexibility index (Phi) is 10.6. The number of hydrogen-bond acceptors (Lipinski definition) is 8. The Morgan fingerprint density at radius 2 is 1.59 bits per heavy atom. The van der Waals surface area contributed by atoms with Crippen LogP contribution in [0.1, 0.15) is 37.5 Å². The van der Waals surface area contributed by atoms with Crippen LogP contribution in [0.5, 0.6) is 5.75 Å². The van der Waals surface area contributed by atoms with Gasteiger partial charge in [-0.05, 0) is 60.9 Å². The van der Waals surface area contributed by atoms with E-state index in [0.717, 1.165) is 21.9 Å². The van der Waals surface area contributed by atoms with Crippen molar-refractivity contribution in [1.29, 1.82) is 0 Å². The van der Waals surface area contributed by atoms with Crippen LogP contribution in [0.4, 0.5) is 10.5 Å². The lowest BCUT2D eigenvalue weighted by molar-refractivity contribution is -0.384. The third kappa shape index (κ3) is 9.36. The van der Waals surface area contributed by atoms with Crippen molar-refractivity contribution in [2.75, 3.05) is 6.61 Å². The van der Waals surface area contributed by atoms with Gasteiger partial charge in [0.15, 0.2) is 0 Å². The summed E-state index contributed by atoms with van der Waals surface area (Å²) in [6.45, 7) is 5.46. The van der Waals surface area contributed by atoms with E-state index in [0.29, 0.717) is 11.3 Å². The molecule has 0 unspecified atom stereocenters. The van der Waals surface area contributed by atoms with Gasteiger partial charge in [0.1, 0.15) is 24.0 Å². The number of non-ortho nitro benzene ring substituents is 1. The molecule has 0 aromatic heterocycles. The number of amides is 2. The molecule has 4 rings (SSSR count). The van der Waals surface area contributed by atoms with Gasteiger partial charge in [-0.1, -0.05) is 60.7 Å². The monoisotopic (exact) mass is 598 g/mol. The van der Waals surface area contributed by atoms with Crippen molar-refractivity contribution in [3.63, 3.8) is 0 Å². The van der Waals surface area contributed by atoms with Crippen molar-refractivity contribution in [1.82, 2.24) is 10.7 Å². The molecule has 0 saturated heterocycles. The first-order chi connectivity index (χ1) is 21.1. The molecular formula is C33H34N4O7. The molecule has 1 atom stereocenters. The lowest BCUT2D eigenvalue weighted by Gasteiger charge is -2.23. The minimum absolute atomic E-state index is 0.00653. The topological polar surface area (TPSA) is 141 Å². The van der Waals surface area contributed by atoms with Crippen LogP contribution in [-0.2, 0) is 27.5 Å². The lowest BCUT2D eigenvalue weighted by Crippen LogP contribution is -2.49. The van der Waals surface area contributed by atoms with Crippen LogP contribution in [0.3, 0.4) is 0 Å². The standard InChI is InChI=1S/C33H34N4O7/c1-33(2,3)44-32(39)35-29(22-42-20-23-9-5-4-6-10-23)31(38)36-34-19-28-27-12-8-7-11-25(27)15-18-30(28)43-21-24-13-16-26(17-14-24)37(40)41/h4-19,29H,20-22H2,1-3H3,(H,35,39)(H,36,38)/b34-19-/t29-/m0/s1. The van der Waals surface area contributed by atoms with Crippen LogP contribution >= 0.6 is 0 Å². The normalized spacial score (nSPS) is 12.1. The van der Waals surface area contributed by atoms with E-state index in [9.17, 15) is 19.7 Å². The fourth-order valence-electron chi connectivity index (χ4n) is 4.15. The average molecular weight is 599 g/mol. The van der Waals surface area contributed by atoms with Gasteiger partial charge in [-0.2, -0.15) is 5.10 Å². The molecule has 0 bridgehead atoms. The second-order valence-corrected chi connectivity index (χ2v) is 10.8. The minimum atomic E-state index is -1.09. The van der Waals surface area contributed by atoms with E-state index < -0.39 is 28.6 Å². The van der Waals surface area contributed by atoms with Gasteiger partial charge in [-0.25, -0.2) is 10.2 Å². The third-order valence-electron chi connectivity index (χ3n) is 6.24. The van der Waals surface area contributed by atoms with Crippen molar-refractivity contribution >= 4 is 34.7 Å². The van der Waals surface area contributed by atoms with Gasteiger partial charge in [0.05, 0.1) is 24.4 Å². The zero-order valence-electron chi connectivity index (χ0n) is 24.7. The SMILES string of the molecule is CC(C)(C)OC(=O)N[C@@H](COCc1ccccc1)C(=O)N/N=C\c1c(OCc2ccc([N+](=O)[O-])cc2)ccc2ccccc12. The van der Waals surface area contributed by atoms with Gasteiger partial charge in [0.2, 0.25) is 0 Å². The fourth-order valence-corrected chi connectivity index (χ4v) is 4.15. The van der Waals surface area contributed by atoms with E-state index >= 15 is 0 Å². The van der Waals surface area contributed by atoms with Gasteiger partial charge in [-0.3, -0.25) is 14.9 Å². The number of alkyl carbamates (subject to hydrolysis) is 1. The Hall–Kier alpha value is -5.29. The Bertz CT molecular complexity index is 1620. The summed E-state index contributed by atoms with van der Waals surface area (Å²) in [7, 11) is 0. The van der Waals surface area contributed by atoms with E-state index in [1.165, 1.54) is 18.3 Å². The third-order valence-corrected chi connectivity index (χ3v) is 6.24. The van der Waals surface area contributed by atoms with Crippen LogP contribution in [0.2, 0.25) is 0 Å². The van der Waals surface area contributed by atoms with Crippen molar-refractivity contribution in [3.8, 4) is 5.75 Å². The summed E-state index contributed by atoms with van der Waals surface area (Å²) in [6.07, 6.45) is 0.710. The van der Waals surface area contributed by atoms with E-state index in [4.69, 9.17) is 14.2 Å². The molecule has 11 nitrogen and oxygen atoms in total. The van der Waals surface area contributed by atoms with Crippen LogP contribution in [-0.4, -0.2) is 41.4 Å².